The van der Waals surface area contributed by atoms with E-state index in [4.69, 9.17) is 4.98 Å². The van der Waals surface area contributed by atoms with Gasteiger partial charge in [-0.25, -0.2) is 13.1 Å². The van der Waals surface area contributed by atoms with E-state index in [9.17, 15) is 8.42 Å². The van der Waals surface area contributed by atoms with Gasteiger partial charge in [-0.1, -0.05) is 18.2 Å². The lowest BCUT2D eigenvalue weighted by molar-refractivity contribution is 0.555. The molecule has 4 aromatic rings. The second-order valence-electron chi connectivity index (χ2n) is 8.20. The predicted molar refractivity (Wildman–Crippen MR) is 129 cm³/mol. The van der Waals surface area contributed by atoms with Gasteiger partial charge in [0.25, 0.3) is 0 Å². The molecule has 0 fully saturated rings. The van der Waals surface area contributed by atoms with Crippen LogP contribution in [0.3, 0.4) is 0 Å². The highest BCUT2D eigenvalue weighted by Crippen LogP contribution is 2.33. The van der Waals surface area contributed by atoms with Gasteiger partial charge in [-0.2, -0.15) is 11.3 Å². The minimum Gasteiger partial charge on any atom is -0.354 e. The molecule has 0 aliphatic heterocycles. The van der Waals surface area contributed by atoms with E-state index in [0.29, 0.717) is 6.42 Å². The van der Waals surface area contributed by atoms with Crippen molar-refractivity contribution in [3.8, 4) is 11.3 Å². The van der Waals surface area contributed by atoms with Gasteiger partial charge in [0, 0.05) is 34.0 Å². The van der Waals surface area contributed by atoms with Gasteiger partial charge >= 0.3 is 0 Å². The Morgan fingerprint density at radius 1 is 1.13 bits per heavy atom. The second kappa shape index (κ2) is 8.57. The third-order valence-corrected chi connectivity index (χ3v) is 8.07. The quantitative estimate of drug-likeness (QED) is 0.384. The maximum atomic E-state index is 12.3. The van der Waals surface area contributed by atoms with Crippen LogP contribution in [0, 0.1) is 6.92 Å². The van der Waals surface area contributed by atoms with Crippen LogP contribution in [0.15, 0.2) is 53.2 Å². The molecule has 0 aliphatic carbocycles. The van der Waals surface area contributed by atoms with E-state index < -0.39 is 21.3 Å². The number of fused-ring (bicyclic) bond motifs is 1. The number of hydrogen-bond donors (Lipinski definition) is 2. The van der Waals surface area contributed by atoms with Crippen LogP contribution in [0.5, 0.6) is 0 Å². The summed E-state index contributed by atoms with van der Waals surface area (Å²) in [6, 6.07) is 14.0. The van der Waals surface area contributed by atoms with Gasteiger partial charge in [0.05, 0.1) is 22.7 Å². The minimum absolute atomic E-state index is 0.394. The summed E-state index contributed by atoms with van der Waals surface area (Å²) < 4.78 is 27.3. The van der Waals surface area contributed by atoms with Crippen LogP contribution in [0.1, 0.15) is 49.3 Å². The molecule has 3 heterocycles. The van der Waals surface area contributed by atoms with Crippen LogP contribution in [-0.2, 0) is 16.4 Å². The number of nitrogens with zero attached hydrogens (tertiary/aromatic N) is 1. The SMILES string of the molecule is Cc1ccc2c(Cc3cccc(C(C)NS(=O)(=O)C(C)C)n3)c(-c3ccsc3)[nH]c2c1. The average molecular weight is 454 g/mol. The topological polar surface area (TPSA) is 74.8 Å². The van der Waals surface area contributed by atoms with E-state index in [1.54, 1.807) is 25.2 Å². The summed E-state index contributed by atoms with van der Waals surface area (Å²) in [5.41, 5.74) is 7.44. The Bertz CT molecular complexity index is 1310. The summed E-state index contributed by atoms with van der Waals surface area (Å²) in [7, 11) is -3.37. The average Bonchev–Trinajstić information content (AvgIpc) is 3.36. The maximum absolute atomic E-state index is 12.3. The fraction of sp³-hybridized carbons (Fsp3) is 0.292. The number of pyridine rings is 1. The molecule has 7 heteroatoms. The Morgan fingerprint density at radius 2 is 1.94 bits per heavy atom. The third-order valence-electron chi connectivity index (χ3n) is 5.46. The van der Waals surface area contributed by atoms with Gasteiger partial charge in [0.1, 0.15) is 0 Å². The number of rotatable bonds is 7. The minimum atomic E-state index is -3.37. The van der Waals surface area contributed by atoms with Gasteiger partial charge in [0.15, 0.2) is 0 Å². The first-order valence-electron chi connectivity index (χ1n) is 10.4. The fourth-order valence-electron chi connectivity index (χ4n) is 3.67. The number of aromatic nitrogens is 2. The number of H-pyrrole nitrogens is 1. The van der Waals surface area contributed by atoms with Crippen molar-refractivity contribution >= 4 is 32.3 Å². The van der Waals surface area contributed by atoms with Crippen molar-refractivity contribution in [1.82, 2.24) is 14.7 Å². The Hall–Kier alpha value is -2.48. The highest BCUT2D eigenvalue weighted by Gasteiger charge is 2.21. The lowest BCUT2D eigenvalue weighted by Gasteiger charge is -2.16. The van der Waals surface area contributed by atoms with Crippen LogP contribution in [-0.4, -0.2) is 23.6 Å². The van der Waals surface area contributed by atoms with E-state index >= 15 is 0 Å². The van der Waals surface area contributed by atoms with E-state index in [1.807, 2.05) is 25.1 Å². The molecule has 4 rings (SSSR count). The van der Waals surface area contributed by atoms with Gasteiger partial charge in [-0.3, -0.25) is 4.98 Å². The molecule has 0 amide bonds. The van der Waals surface area contributed by atoms with Crippen molar-refractivity contribution in [2.75, 3.05) is 0 Å². The highest BCUT2D eigenvalue weighted by atomic mass is 32.2. The van der Waals surface area contributed by atoms with Crippen molar-refractivity contribution < 1.29 is 8.42 Å². The number of aryl methyl sites for hydroxylation is 1. The van der Waals surface area contributed by atoms with E-state index in [1.165, 1.54) is 22.1 Å². The molecule has 0 aliphatic rings. The van der Waals surface area contributed by atoms with Crippen molar-refractivity contribution in [3.63, 3.8) is 0 Å². The van der Waals surface area contributed by atoms with Gasteiger partial charge < -0.3 is 4.98 Å². The summed E-state index contributed by atoms with van der Waals surface area (Å²) >= 11 is 1.68. The lowest BCUT2D eigenvalue weighted by atomic mass is 10.0. The standard InChI is InChI=1S/C24H27N3O2S2/c1-15(2)31(28,29)27-17(4)22-7-5-6-19(25-22)13-21-20-9-8-16(3)12-23(20)26-24(21)18-10-11-30-14-18/h5-12,14-15,17,26-27H,13H2,1-4H3. The smallest absolute Gasteiger partial charge is 0.214 e. The molecule has 0 bridgehead atoms. The molecule has 0 saturated heterocycles. The first-order valence-corrected chi connectivity index (χ1v) is 12.8. The zero-order valence-electron chi connectivity index (χ0n) is 18.1. The first-order chi connectivity index (χ1) is 14.7. The van der Waals surface area contributed by atoms with Crippen molar-refractivity contribution in [1.29, 1.82) is 0 Å². The van der Waals surface area contributed by atoms with Crippen LogP contribution in [0.4, 0.5) is 0 Å². The van der Waals surface area contributed by atoms with Crippen LogP contribution >= 0.6 is 11.3 Å². The van der Waals surface area contributed by atoms with Crippen LogP contribution < -0.4 is 4.72 Å². The molecule has 1 unspecified atom stereocenters. The molecule has 1 aromatic carbocycles. The molecule has 5 nitrogen and oxygen atoms in total. The second-order valence-corrected chi connectivity index (χ2v) is 11.3. The van der Waals surface area contributed by atoms with Gasteiger partial charge in [-0.15, -0.1) is 0 Å². The monoisotopic (exact) mass is 453 g/mol. The van der Waals surface area contributed by atoms with E-state index in [0.717, 1.165) is 22.6 Å². The van der Waals surface area contributed by atoms with Crippen molar-refractivity contribution in [3.05, 3.63) is 75.7 Å². The van der Waals surface area contributed by atoms with E-state index in [-0.39, 0.29) is 0 Å². The van der Waals surface area contributed by atoms with Crippen LogP contribution in [0.25, 0.3) is 22.2 Å². The molecule has 162 valence electrons. The zero-order valence-corrected chi connectivity index (χ0v) is 19.8. The number of benzene rings is 1. The molecular formula is C24H27N3O2S2. The van der Waals surface area contributed by atoms with E-state index in [2.05, 4.69) is 51.7 Å². The Labute approximate surface area is 187 Å². The number of hydrogen-bond acceptors (Lipinski definition) is 4. The normalized spacial score (nSPS) is 13.2. The molecular weight excluding hydrogens is 426 g/mol. The molecule has 0 radical (unpaired) electrons. The summed E-state index contributed by atoms with van der Waals surface area (Å²) in [6.07, 6.45) is 0.658. The van der Waals surface area contributed by atoms with Crippen LogP contribution in [0.2, 0.25) is 0 Å². The van der Waals surface area contributed by atoms with Crippen molar-refractivity contribution in [2.24, 2.45) is 0 Å². The summed E-state index contributed by atoms with van der Waals surface area (Å²) in [5, 5.41) is 4.93. The Morgan fingerprint density at radius 3 is 2.65 bits per heavy atom. The molecule has 0 saturated carbocycles. The number of sulfonamides is 1. The zero-order chi connectivity index (χ0) is 22.2. The summed E-state index contributed by atoms with van der Waals surface area (Å²) in [6.45, 7) is 7.26. The van der Waals surface area contributed by atoms with Gasteiger partial charge in [0.2, 0.25) is 10.0 Å². The largest absolute Gasteiger partial charge is 0.354 e. The van der Waals surface area contributed by atoms with Crippen molar-refractivity contribution in [2.45, 2.75) is 45.4 Å². The van der Waals surface area contributed by atoms with Gasteiger partial charge in [-0.05, 0) is 68.5 Å². The Balaban J connectivity index is 1.70. The Kier molecular flexibility index (Phi) is 6.01. The first kappa shape index (κ1) is 21.7. The molecule has 2 N–H and O–H groups in total. The third kappa shape index (κ3) is 4.59. The fourth-order valence-corrected chi connectivity index (χ4v) is 5.20. The number of nitrogens with one attached hydrogen (secondary N) is 2. The number of thiophene rings is 1. The summed E-state index contributed by atoms with van der Waals surface area (Å²) in [4.78, 5) is 8.40. The molecule has 31 heavy (non-hydrogen) atoms. The molecule has 0 spiro atoms. The number of aromatic amines is 1. The predicted octanol–water partition coefficient (Wildman–Crippen LogP) is 5.58. The lowest BCUT2D eigenvalue weighted by Crippen LogP contribution is -2.33. The molecule has 3 aromatic heterocycles. The highest BCUT2D eigenvalue weighted by molar-refractivity contribution is 7.90. The summed E-state index contributed by atoms with van der Waals surface area (Å²) in [5.74, 6) is 0. The maximum Gasteiger partial charge on any atom is 0.214 e. The molecule has 1 atom stereocenters.